The molecule has 0 saturated carbocycles. The molecule has 2 saturated heterocycles. The minimum Gasteiger partial charge on any atom is -0.379 e. The highest BCUT2D eigenvalue weighted by molar-refractivity contribution is 6.31. The number of imide groups is 1. The van der Waals surface area contributed by atoms with E-state index in [1.807, 2.05) is 0 Å². The number of halogens is 1. The van der Waals surface area contributed by atoms with Gasteiger partial charge in [-0.15, -0.1) is 0 Å². The molecule has 3 rings (SSSR count). The summed E-state index contributed by atoms with van der Waals surface area (Å²) in [6.45, 7) is 4.43. The first kappa shape index (κ1) is 19.6. The molecule has 1 aromatic carbocycles. The number of nitrogens with one attached hydrogen (secondary N) is 2. The molecule has 0 bridgehead atoms. The van der Waals surface area contributed by atoms with Crippen LogP contribution >= 0.6 is 11.6 Å². The van der Waals surface area contributed by atoms with Gasteiger partial charge in [-0.25, -0.2) is 4.79 Å². The van der Waals surface area contributed by atoms with E-state index in [2.05, 4.69) is 15.5 Å². The number of hydrogen-bond donors (Lipinski definition) is 2. The van der Waals surface area contributed by atoms with E-state index in [0.29, 0.717) is 30.3 Å². The number of nitrogens with zero attached hydrogens (tertiary/aromatic N) is 2. The Kier molecular flexibility index (Phi) is 6.65. The molecule has 0 spiro atoms. The minimum atomic E-state index is -0.844. The number of carbonyl (C=O) groups excluding carboxylic acids is 3. The molecule has 0 radical (unpaired) electrons. The summed E-state index contributed by atoms with van der Waals surface area (Å²) < 4.78 is 5.28. The molecule has 2 N–H and O–H groups in total. The number of amides is 4. The number of ether oxygens (including phenoxy) is 1. The maximum absolute atomic E-state index is 12.5. The Balaban J connectivity index is 1.46. The Hall–Kier alpha value is -2.16. The molecule has 1 atom stereocenters. The fourth-order valence-electron chi connectivity index (χ4n) is 3.10. The molecule has 2 heterocycles. The van der Waals surface area contributed by atoms with E-state index in [9.17, 15) is 14.4 Å². The van der Waals surface area contributed by atoms with Crippen LogP contribution < -0.4 is 10.6 Å². The van der Waals surface area contributed by atoms with Crippen molar-refractivity contribution in [3.63, 3.8) is 0 Å². The van der Waals surface area contributed by atoms with Crippen molar-refractivity contribution in [2.45, 2.75) is 19.0 Å². The van der Waals surface area contributed by atoms with Crippen LogP contribution in [-0.4, -0.2) is 73.1 Å². The van der Waals surface area contributed by atoms with Gasteiger partial charge in [-0.1, -0.05) is 29.8 Å². The maximum atomic E-state index is 12.5. The Morgan fingerprint density at radius 2 is 2.00 bits per heavy atom. The molecule has 4 amide bonds. The maximum Gasteiger partial charge on any atom is 0.325 e. The quantitative estimate of drug-likeness (QED) is 0.661. The largest absolute Gasteiger partial charge is 0.379 e. The topological polar surface area (TPSA) is 91.0 Å². The van der Waals surface area contributed by atoms with Crippen LogP contribution in [-0.2, 0) is 20.9 Å². The van der Waals surface area contributed by atoms with E-state index < -0.39 is 18.0 Å². The van der Waals surface area contributed by atoms with E-state index in [-0.39, 0.29) is 18.9 Å². The van der Waals surface area contributed by atoms with Gasteiger partial charge in [0.15, 0.2) is 0 Å². The second kappa shape index (κ2) is 9.16. The van der Waals surface area contributed by atoms with Crippen LogP contribution in [0.1, 0.15) is 12.0 Å². The summed E-state index contributed by atoms with van der Waals surface area (Å²) in [5, 5.41) is 5.86. The third-order valence-corrected chi connectivity index (χ3v) is 5.01. The zero-order valence-electron chi connectivity index (χ0n) is 14.9. The van der Waals surface area contributed by atoms with Crippen LogP contribution in [0.5, 0.6) is 0 Å². The van der Waals surface area contributed by atoms with E-state index >= 15 is 0 Å². The third kappa shape index (κ3) is 5.18. The highest BCUT2D eigenvalue weighted by Gasteiger charge is 2.39. The molecule has 0 aliphatic carbocycles. The summed E-state index contributed by atoms with van der Waals surface area (Å²) in [7, 11) is 0. The first-order chi connectivity index (χ1) is 13.0. The van der Waals surface area contributed by atoms with E-state index in [1.54, 1.807) is 24.3 Å². The fourth-order valence-corrected chi connectivity index (χ4v) is 3.29. The van der Waals surface area contributed by atoms with Crippen molar-refractivity contribution < 1.29 is 19.1 Å². The molecule has 1 unspecified atom stereocenters. The van der Waals surface area contributed by atoms with E-state index in [1.165, 1.54) is 0 Å². The third-order valence-electron chi connectivity index (χ3n) is 4.64. The van der Waals surface area contributed by atoms with Crippen LogP contribution in [0.3, 0.4) is 0 Å². The van der Waals surface area contributed by atoms with Gasteiger partial charge in [-0.05, 0) is 11.6 Å². The van der Waals surface area contributed by atoms with Gasteiger partial charge in [0.2, 0.25) is 5.91 Å². The van der Waals surface area contributed by atoms with Gasteiger partial charge in [0.1, 0.15) is 6.04 Å². The molecule has 2 aliphatic rings. The van der Waals surface area contributed by atoms with E-state index in [4.69, 9.17) is 16.3 Å². The molecule has 2 aliphatic heterocycles. The monoisotopic (exact) mass is 394 g/mol. The number of hydrogen-bond acceptors (Lipinski definition) is 5. The van der Waals surface area contributed by atoms with Gasteiger partial charge in [0.25, 0.3) is 5.91 Å². The van der Waals surface area contributed by atoms with Crippen molar-refractivity contribution in [3.05, 3.63) is 34.9 Å². The predicted octanol–water partition coefficient (Wildman–Crippen LogP) is 0.599. The summed E-state index contributed by atoms with van der Waals surface area (Å²) in [5.41, 5.74) is 0.679. The second-order valence-corrected chi connectivity index (χ2v) is 6.93. The summed E-state index contributed by atoms with van der Waals surface area (Å²) in [6, 6.07) is 5.68. The molecular weight excluding hydrogens is 372 g/mol. The zero-order chi connectivity index (χ0) is 19.2. The zero-order valence-corrected chi connectivity index (χ0v) is 15.7. The van der Waals surface area contributed by atoms with Crippen LogP contribution in [0.4, 0.5) is 4.79 Å². The first-order valence-corrected chi connectivity index (χ1v) is 9.34. The van der Waals surface area contributed by atoms with Gasteiger partial charge < -0.3 is 15.4 Å². The normalized spacial score (nSPS) is 20.6. The van der Waals surface area contributed by atoms with Crippen LogP contribution in [0.15, 0.2) is 24.3 Å². The van der Waals surface area contributed by atoms with E-state index in [0.717, 1.165) is 24.5 Å². The van der Waals surface area contributed by atoms with Crippen molar-refractivity contribution in [3.8, 4) is 0 Å². The molecule has 9 heteroatoms. The molecule has 2 fully saturated rings. The lowest BCUT2D eigenvalue weighted by Crippen LogP contribution is -2.42. The lowest BCUT2D eigenvalue weighted by molar-refractivity contribution is -0.131. The number of morpholine rings is 1. The second-order valence-electron chi connectivity index (χ2n) is 6.53. The summed E-state index contributed by atoms with van der Waals surface area (Å²) in [5.74, 6) is -0.676. The molecule has 0 aromatic heterocycles. The van der Waals surface area contributed by atoms with Gasteiger partial charge in [0.05, 0.1) is 26.2 Å². The van der Waals surface area contributed by atoms with Gasteiger partial charge >= 0.3 is 6.03 Å². The Labute approximate surface area is 162 Å². The van der Waals surface area contributed by atoms with Crippen molar-refractivity contribution in [2.75, 3.05) is 39.4 Å². The molecular formula is C18H23ClN4O4. The highest BCUT2D eigenvalue weighted by atomic mass is 35.5. The average molecular weight is 395 g/mol. The fraction of sp³-hybridized carbons (Fsp3) is 0.500. The number of carbonyl (C=O) groups is 3. The molecule has 1 aromatic rings. The average Bonchev–Trinajstić information content (AvgIpc) is 2.91. The van der Waals surface area contributed by atoms with Gasteiger partial charge in [-0.3, -0.25) is 19.4 Å². The summed E-state index contributed by atoms with van der Waals surface area (Å²) in [4.78, 5) is 40.0. The van der Waals surface area contributed by atoms with Crippen molar-refractivity contribution in [2.24, 2.45) is 0 Å². The summed E-state index contributed by atoms with van der Waals surface area (Å²) >= 11 is 6.09. The van der Waals surface area contributed by atoms with Crippen LogP contribution in [0, 0.1) is 0 Å². The number of rotatable bonds is 7. The highest BCUT2D eigenvalue weighted by Crippen LogP contribution is 2.20. The lowest BCUT2D eigenvalue weighted by atomic mass is 10.1. The van der Waals surface area contributed by atoms with Crippen molar-refractivity contribution >= 4 is 29.4 Å². The van der Waals surface area contributed by atoms with Crippen molar-refractivity contribution in [1.29, 1.82) is 0 Å². The predicted molar refractivity (Wildman–Crippen MR) is 99.2 cm³/mol. The Morgan fingerprint density at radius 1 is 1.26 bits per heavy atom. The standard InChI is InChI=1S/C18H23ClN4O4/c19-14-4-2-1-3-13(14)12-23-17(25)15(21-18(23)26)11-16(24)20-5-6-22-7-9-27-10-8-22/h1-4,15H,5-12H2,(H,20,24)(H,21,26). The van der Waals surface area contributed by atoms with Gasteiger partial charge in [-0.2, -0.15) is 0 Å². The lowest BCUT2D eigenvalue weighted by Gasteiger charge is -2.26. The van der Waals surface area contributed by atoms with Gasteiger partial charge in [0, 0.05) is 31.2 Å². The Morgan fingerprint density at radius 3 is 2.74 bits per heavy atom. The minimum absolute atomic E-state index is 0.0767. The molecule has 8 nitrogen and oxygen atoms in total. The number of urea groups is 1. The first-order valence-electron chi connectivity index (χ1n) is 8.96. The molecule has 146 valence electrons. The van der Waals surface area contributed by atoms with Crippen molar-refractivity contribution in [1.82, 2.24) is 20.4 Å². The Bertz CT molecular complexity index is 708. The SMILES string of the molecule is O=C(CC1NC(=O)N(Cc2ccccc2Cl)C1=O)NCCN1CCOCC1. The smallest absolute Gasteiger partial charge is 0.325 e. The molecule has 27 heavy (non-hydrogen) atoms. The summed E-state index contributed by atoms with van der Waals surface area (Å²) in [6.07, 6.45) is -0.0767. The number of benzene rings is 1. The van der Waals surface area contributed by atoms with Crippen LogP contribution in [0.2, 0.25) is 5.02 Å². The van der Waals surface area contributed by atoms with Crippen LogP contribution in [0.25, 0.3) is 0 Å².